The molecule has 0 aliphatic rings. The Hall–Kier alpha value is -2.81. The molecule has 0 amide bonds. The van der Waals surface area contributed by atoms with Crippen molar-refractivity contribution in [3.63, 3.8) is 0 Å². The number of phosphoric ester groups is 1. The highest BCUT2D eigenvalue weighted by Gasteiger charge is 2.21. The van der Waals surface area contributed by atoms with Gasteiger partial charge in [-0.3, -0.25) is 14.2 Å². The Morgan fingerprint density at radius 3 is 1.33 bits per heavy atom. The molecule has 0 rings (SSSR count). The van der Waals surface area contributed by atoms with E-state index in [9.17, 15) is 19.0 Å². The number of carbonyl (C=O) groups excluding carboxylic acids is 2. The van der Waals surface area contributed by atoms with Gasteiger partial charge in [-0.25, -0.2) is 0 Å². The fraction of sp³-hybridized carbons (Fsp3) is 0.704. The van der Waals surface area contributed by atoms with Crippen LogP contribution in [0.15, 0.2) is 85.1 Å². The number of ether oxygens (including phenoxy) is 2. The van der Waals surface area contributed by atoms with E-state index in [1.54, 1.807) is 0 Å². The van der Waals surface area contributed by atoms with Crippen molar-refractivity contribution in [3.8, 4) is 0 Å². The Morgan fingerprint density at radius 1 is 0.500 bits per heavy atom. The number of rotatable bonds is 45. The van der Waals surface area contributed by atoms with Gasteiger partial charge >= 0.3 is 11.9 Å². The normalized spacial score (nSPS) is 14.2. The molecule has 0 radical (unpaired) electrons. The van der Waals surface area contributed by atoms with E-state index in [-0.39, 0.29) is 26.1 Å². The Bertz CT molecular complexity index is 1360. The van der Waals surface area contributed by atoms with Gasteiger partial charge in [0.1, 0.15) is 19.8 Å². The highest BCUT2D eigenvalue weighted by molar-refractivity contribution is 7.45. The van der Waals surface area contributed by atoms with Crippen molar-refractivity contribution in [1.29, 1.82) is 0 Å². The van der Waals surface area contributed by atoms with Gasteiger partial charge in [0, 0.05) is 12.8 Å². The summed E-state index contributed by atoms with van der Waals surface area (Å²) >= 11 is 0. The topological polar surface area (TPSA) is 111 Å². The summed E-state index contributed by atoms with van der Waals surface area (Å²) in [5, 5.41) is 0. The van der Waals surface area contributed by atoms with Crippen molar-refractivity contribution in [1.82, 2.24) is 0 Å². The van der Waals surface area contributed by atoms with Crippen LogP contribution in [0.2, 0.25) is 0 Å². The second kappa shape index (κ2) is 45.4. The molecule has 0 aliphatic carbocycles. The van der Waals surface area contributed by atoms with Crippen LogP contribution in [0.4, 0.5) is 0 Å². The van der Waals surface area contributed by atoms with Crippen LogP contribution in [0.1, 0.15) is 194 Å². The molecule has 368 valence electrons. The smallest absolute Gasteiger partial charge is 0.306 e. The third-order valence-corrected chi connectivity index (χ3v) is 11.4. The zero-order chi connectivity index (χ0) is 47.1. The molecule has 0 aromatic rings. The number of quaternary nitrogens is 1. The third kappa shape index (κ3) is 48.6. The molecule has 2 atom stereocenters. The molecule has 0 saturated heterocycles. The molecule has 64 heavy (non-hydrogen) atoms. The van der Waals surface area contributed by atoms with Crippen LogP contribution < -0.4 is 4.89 Å². The number of hydrogen-bond acceptors (Lipinski definition) is 8. The lowest BCUT2D eigenvalue weighted by molar-refractivity contribution is -0.870. The molecule has 10 heteroatoms. The average molecular weight is 916 g/mol. The predicted molar refractivity (Wildman–Crippen MR) is 268 cm³/mol. The maximum Gasteiger partial charge on any atom is 0.306 e. The standard InChI is InChI=1S/C54H94NO8P/c1-6-8-10-12-14-15-16-17-18-19-20-21-22-23-24-25-26-27-28-29-30-31-32-33-34-35-36-37-38-39-41-43-45-47-54(57)63-52(51-62-64(58,59)61-49-48-55(3,4)5)50-60-53(56)46-44-42-40-13-11-9-7-2/h8,10,14-15,17-18,20-21,23-24,26-27,29-30,52H,6-7,9,11-13,16,19,22,25,28,31-51H2,1-5H3/b10-8-,15-14-,18-17-,21-20-,24-23-,27-26-,30-29-. The quantitative estimate of drug-likeness (QED) is 0.0195. The van der Waals surface area contributed by atoms with E-state index < -0.39 is 32.5 Å². The summed E-state index contributed by atoms with van der Waals surface area (Å²) in [5.74, 6) is -0.848. The van der Waals surface area contributed by atoms with Crippen LogP contribution in [0.3, 0.4) is 0 Å². The van der Waals surface area contributed by atoms with E-state index in [0.717, 1.165) is 96.3 Å². The van der Waals surface area contributed by atoms with Gasteiger partial charge in [-0.2, -0.15) is 0 Å². The molecule has 0 N–H and O–H groups in total. The van der Waals surface area contributed by atoms with E-state index >= 15 is 0 Å². The van der Waals surface area contributed by atoms with Gasteiger partial charge in [0.05, 0.1) is 27.7 Å². The zero-order valence-corrected chi connectivity index (χ0v) is 42.3. The summed E-state index contributed by atoms with van der Waals surface area (Å²) in [6, 6.07) is 0. The molecule has 0 aliphatic heterocycles. The summed E-state index contributed by atoms with van der Waals surface area (Å²) in [5.41, 5.74) is 0. The molecular formula is C54H94NO8P. The largest absolute Gasteiger partial charge is 0.756 e. The highest BCUT2D eigenvalue weighted by atomic mass is 31.2. The monoisotopic (exact) mass is 916 g/mol. The number of phosphoric acid groups is 1. The number of unbranched alkanes of at least 4 members (excludes halogenated alkanes) is 17. The van der Waals surface area contributed by atoms with Crippen molar-refractivity contribution in [2.24, 2.45) is 0 Å². The average Bonchev–Trinajstić information content (AvgIpc) is 3.25. The van der Waals surface area contributed by atoms with E-state index in [4.69, 9.17) is 18.5 Å². The summed E-state index contributed by atoms with van der Waals surface area (Å²) in [6.45, 7) is 4.05. The van der Waals surface area contributed by atoms with Gasteiger partial charge in [0.2, 0.25) is 0 Å². The lowest BCUT2D eigenvalue weighted by Gasteiger charge is -2.28. The fourth-order valence-corrected chi connectivity index (χ4v) is 7.25. The first-order valence-electron chi connectivity index (χ1n) is 25.3. The summed E-state index contributed by atoms with van der Waals surface area (Å²) < 4.78 is 33.8. The van der Waals surface area contributed by atoms with Crippen molar-refractivity contribution in [2.75, 3.05) is 47.5 Å². The van der Waals surface area contributed by atoms with Crippen molar-refractivity contribution in [2.45, 2.75) is 200 Å². The number of likely N-dealkylation sites (N-methyl/N-ethyl adjacent to an activating group) is 1. The van der Waals surface area contributed by atoms with Gasteiger partial charge in [0.25, 0.3) is 7.82 Å². The molecule has 0 fully saturated rings. The fourth-order valence-electron chi connectivity index (χ4n) is 6.52. The number of allylic oxidation sites excluding steroid dienone is 14. The molecule has 0 aromatic heterocycles. The van der Waals surface area contributed by atoms with Crippen LogP contribution in [-0.2, 0) is 32.7 Å². The summed E-state index contributed by atoms with van der Waals surface area (Å²) in [4.78, 5) is 37.4. The molecule has 0 bridgehead atoms. The Balaban J connectivity index is 4.04. The van der Waals surface area contributed by atoms with Crippen LogP contribution in [0, 0.1) is 0 Å². The third-order valence-electron chi connectivity index (χ3n) is 10.4. The first-order chi connectivity index (χ1) is 31.0. The van der Waals surface area contributed by atoms with Crippen LogP contribution in [0.25, 0.3) is 0 Å². The van der Waals surface area contributed by atoms with Crippen molar-refractivity contribution in [3.05, 3.63) is 85.1 Å². The van der Waals surface area contributed by atoms with E-state index in [1.165, 1.54) is 64.2 Å². The lowest BCUT2D eigenvalue weighted by Crippen LogP contribution is -2.37. The zero-order valence-electron chi connectivity index (χ0n) is 41.4. The SMILES string of the molecule is CC/C=C\C/C=C\C/C=C\C/C=C\C/C=C\C/C=C\C/C=C\CCCCCCCCCCCCCC(=O)OC(COC(=O)CCCCCCCCC)COP(=O)([O-])OCC[N+](C)(C)C. The minimum absolute atomic E-state index is 0.0338. The predicted octanol–water partition coefficient (Wildman–Crippen LogP) is 14.5. The highest BCUT2D eigenvalue weighted by Crippen LogP contribution is 2.38. The van der Waals surface area contributed by atoms with Gasteiger partial charge in [-0.1, -0.05) is 195 Å². The lowest BCUT2D eigenvalue weighted by atomic mass is 10.0. The minimum Gasteiger partial charge on any atom is -0.756 e. The van der Waals surface area contributed by atoms with Crippen molar-refractivity contribution < 1.29 is 42.1 Å². The molecule has 9 nitrogen and oxygen atoms in total. The molecular weight excluding hydrogens is 822 g/mol. The molecule has 2 unspecified atom stereocenters. The number of hydrogen-bond donors (Lipinski definition) is 0. The maximum atomic E-state index is 12.7. The number of nitrogens with zero attached hydrogens (tertiary/aromatic N) is 1. The summed E-state index contributed by atoms with van der Waals surface area (Å²) in [7, 11) is 1.16. The number of esters is 2. The second-order valence-corrected chi connectivity index (χ2v) is 19.2. The Kier molecular flexibility index (Phi) is 43.4. The van der Waals surface area contributed by atoms with Gasteiger partial charge in [-0.05, 0) is 70.6 Å². The molecule has 0 aromatic carbocycles. The molecule has 0 heterocycles. The number of carbonyl (C=O) groups is 2. The van der Waals surface area contributed by atoms with Crippen LogP contribution in [0.5, 0.6) is 0 Å². The minimum atomic E-state index is -4.62. The Labute approximate surface area is 392 Å². The first-order valence-corrected chi connectivity index (χ1v) is 26.8. The van der Waals surface area contributed by atoms with Crippen LogP contribution in [-0.4, -0.2) is 70.0 Å². The molecule has 0 spiro atoms. The second-order valence-electron chi connectivity index (χ2n) is 17.8. The van der Waals surface area contributed by atoms with E-state index in [2.05, 4.69) is 98.9 Å². The van der Waals surface area contributed by atoms with Crippen molar-refractivity contribution >= 4 is 19.8 Å². The van der Waals surface area contributed by atoms with Crippen LogP contribution >= 0.6 is 7.82 Å². The first kappa shape index (κ1) is 61.2. The van der Waals surface area contributed by atoms with E-state index in [1.807, 2.05) is 21.1 Å². The summed E-state index contributed by atoms with van der Waals surface area (Å²) in [6.07, 6.45) is 59.4. The van der Waals surface area contributed by atoms with E-state index in [0.29, 0.717) is 17.4 Å². The maximum absolute atomic E-state index is 12.7. The molecule has 0 saturated carbocycles. The van der Waals surface area contributed by atoms with Gasteiger partial charge in [0.15, 0.2) is 6.10 Å². The Morgan fingerprint density at radius 2 is 0.891 bits per heavy atom. The van der Waals surface area contributed by atoms with Gasteiger partial charge in [-0.15, -0.1) is 0 Å². The van der Waals surface area contributed by atoms with Gasteiger partial charge < -0.3 is 27.9 Å².